The van der Waals surface area contributed by atoms with Gasteiger partial charge in [-0.15, -0.1) is 10.2 Å². The molecule has 0 bridgehead atoms. The molecule has 2 heterocycles. The Labute approximate surface area is 157 Å². The van der Waals surface area contributed by atoms with Gasteiger partial charge in [0.25, 0.3) is 0 Å². The van der Waals surface area contributed by atoms with Crippen molar-refractivity contribution < 1.29 is 9.32 Å². The second kappa shape index (κ2) is 8.43. The molecule has 0 aliphatic heterocycles. The van der Waals surface area contributed by atoms with Crippen molar-refractivity contribution in [2.75, 3.05) is 11.9 Å². The average molecular weight is 369 g/mol. The molecule has 142 valence electrons. The number of nitrogens with one attached hydrogen (secondary N) is 2. The first kappa shape index (κ1) is 18.6. The molecular formula is C18H23N7O2. The first-order valence-electron chi connectivity index (χ1n) is 8.91. The van der Waals surface area contributed by atoms with Crippen LogP contribution >= 0.6 is 0 Å². The fourth-order valence-corrected chi connectivity index (χ4v) is 2.73. The number of hydrogen-bond donors (Lipinski definition) is 2. The Kier molecular flexibility index (Phi) is 5.80. The van der Waals surface area contributed by atoms with Gasteiger partial charge in [-0.2, -0.15) is 4.80 Å². The van der Waals surface area contributed by atoms with Crippen LogP contribution in [0.15, 0.2) is 28.8 Å². The quantitative estimate of drug-likeness (QED) is 0.620. The number of aryl methyl sites for hydroxylation is 3. The van der Waals surface area contributed by atoms with Crippen LogP contribution in [0.25, 0.3) is 11.4 Å². The van der Waals surface area contributed by atoms with Gasteiger partial charge in [0.05, 0.1) is 12.2 Å². The Morgan fingerprint density at radius 3 is 2.85 bits per heavy atom. The maximum absolute atomic E-state index is 12.1. The normalized spacial score (nSPS) is 10.8. The number of tetrazole rings is 1. The molecule has 0 unspecified atom stereocenters. The summed E-state index contributed by atoms with van der Waals surface area (Å²) in [6.45, 7) is 6.98. The molecule has 0 radical (unpaired) electrons. The van der Waals surface area contributed by atoms with E-state index in [-0.39, 0.29) is 6.03 Å². The van der Waals surface area contributed by atoms with Crippen molar-refractivity contribution in [3.63, 3.8) is 0 Å². The smallest absolute Gasteiger partial charge is 0.319 e. The van der Waals surface area contributed by atoms with Gasteiger partial charge in [0.1, 0.15) is 5.76 Å². The van der Waals surface area contributed by atoms with E-state index in [1.54, 1.807) is 0 Å². The molecule has 2 aromatic heterocycles. The second-order valence-corrected chi connectivity index (χ2v) is 6.17. The lowest BCUT2D eigenvalue weighted by Crippen LogP contribution is -2.29. The highest BCUT2D eigenvalue weighted by atomic mass is 16.5. The summed E-state index contributed by atoms with van der Waals surface area (Å²) in [6.07, 6.45) is 1.62. The lowest BCUT2D eigenvalue weighted by atomic mass is 10.1. The van der Waals surface area contributed by atoms with Gasteiger partial charge in [-0.3, -0.25) is 0 Å². The number of rotatable bonds is 7. The third kappa shape index (κ3) is 4.69. The minimum absolute atomic E-state index is 0.254. The zero-order valence-corrected chi connectivity index (χ0v) is 15.7. The number of carbonyl (C=O) groups is 1. The first-order valence-corrected chi connectivity index (χ1v) is 8.91. The Morgan fingerprint density at radius 1 is 1.30 bits per heavy atom. The van der Waals surface area contributed by atoms with Crippen LogP contribution in [-0.4, -0.2) is 37.9 Å². The fourth-order valence-electron chi connectivity index (χ4n) is 2.73. The summed E-state index contributed by atoms with van der Waals surface area (Å²) in [4.78, 5) is 13.6. The third-order valence-corrected chi connectivity index (χ3v) is 4.18. The predicted molar refractivity (Wildman–Crippen MR) is 100 cm³/mol. The van der Waals surface area contributed by atoms with E-state index < -0.39 is 0 Å². The number of anilines is 1. The van der Waals surface area contributed by atoms with Crippen LogP contribution < -0.4 is 10.6 Å². The zero-order valence-electron chi connectivity index (χ0n) is 15.7. The highest BCUT2D eigenvalue weighted by molar-refractivity contribution is 5.89. The number of benzene rings is 1. The molecule has 2 amide bonds. The van der Waals surface area contributed by atoms with Crippen molar-refractivity contribution >= 4 is 11.7 Å². The van der Waals surface area contributed by atoms with Crippen molar-refractivity contribution in [1.82, 2.24) is 30.7 Å². The van der Waals surface area contributed by atoms with Gasteiger partial charge in [0.2, 0.25) is 5.82 Å². The summed E-state index contributed by atoms with van der Waals surface area (Å²) in [5.74, 6) is 1.36. The number of nitrogens with zero attached hydrogens (tertiary/aromatic N) is 5. The van der Waals surface area contributed by atoms with E-state index >= 15 is 0 Å². The molecule has 9 heteroatoms. The van der Waals surface area contributed by atoms with Crippen LogP contribution in [0, 0.1) is 13.8 Å². The SMILES string of the molecule is CCn1nnc(-c2cccc(NC(=O)NCCCc3c(C)noc3C)c2)n1. The summed E-state index contributed by atoms with van der Waals surface area (Å²) in [5.41, 5.74) is 3.48. The van der Waals surface area contributed by atoms with Gasteiger partial charge in [-0.25, -0.2) is 4.79 Å². The van der Waals surface area contributed by atoms with Gasteiger partial charge in [-0.1, -0.05) is 17.3 Å². The van der Waals surface area contributed by atoms with Crippen LogP contribution in [0.2, 0.25) is 0 Å². The molecule has 0 atom stereocenters. The van der Waals surface area contributed by atoms with Crippen LogP contribution in [0.1, 0.15) is 30.4 Å². The number of hydrogen-bond acceptors (Lipinski definition) is 6. The summed E-state index contributed by atoms with van der Waals surface area (Å²) in [7, 11) is 0. The summed E-state index contributed by atoms with van der Waals surface area (Å²) >= 11 is 0. The van der Waals surface area contributed by atoms with E-state index in [9.17, 15) is 4.79 Å². The minimum Gasteiger partial charge on any atom is -0.361 e. The van der Waals surface area contributed by atoms with Crippen LogP contribution in [0.3, 0.4) is 0 Å². The van der Waals surface area contributed by atoms with Crippen molar-refractivity contribution in [2.45, 2.75) is 40.2 Å². The highest BCUT2D eigenvalue weighted by Gasteiger charge is 2.10. The Morgan fingerprint density at radius 2 is 2.15 bits per heavy atom. The molecule has 0 aliphatic carbocycles. The van der Waals surface area contributed by atoms with Crippen molar-refractivity contribution in [3.05, 3.63) is 41.3 Å². The molecule has 0 aliphatic rings. The molecule has 0 saturated carbocycles. The van der Waals surface area contributed by atoms with Gasteiger partial charge < -0.3 is 15.2 Å². The van der Waals surface area contributed by atoms with Gasteiger partial charge in [0.15, 0.2) is 0 Å². The average Bonchev–Trinajstić information content (AvgIpc) is 3.27. The van der Waals surface area contributed by atoms with Crippen molar-refractivity contribution in [2.24, 2.45) is 0 Å². The van der Waals surface area contributed by atoms with E-state index in [1.807, 2.05) is 45.0 Å². The summed E-state index contributed by atoms with van der Waals surface area (Å²) < 4.78 is 5.14. The number of carbonyl (C=O) groups excluding carboxylic acids is 1. The van der Waals surface area contributed by atoms with Gasteiger partial charge in [-0.05, 0) is 51.0 Å². The van der Waals surface area contributed by atoms with Gasteiger partial charge >= 0.3 is 6.03 Å². The molecule has 27 heavy (non-hydrogen) atoms. The number of aromatic nitrogens is 5. The maximum atomic E-state index is 12.1. The van der Waals surface area contributed by atoms with E-state index in [0.29, 0.717) is 24.6 Å². The van der Waals surface area contributed by atoms with E-state index in [4.69, 9.17) is 4.52 Å². The van der Waals surface area contributed by atoms with Crippen LogP contribution in [-0.2, 0) is 13.0 Å². The molecule has 1 aromatic carbocycles. The van der Waals surface area contributed by atoms with Gasteiger partial charge in [0, 0.05) is 23.4 Å². The Bertz CT molecular complexity index is 897. The largest absolute Gasteiger partial charge is 0.361 e. The Hall–Kier alpha value is -3.23. The Balaban J connectivity index is 1.50. The van der Waals surface area contributed by atoms with E-state index in [2.05, 4.69) is 31.2 Å². The molecule has 0 spiro atoms. The lowest BCUT2D eigenvalue weighted by molar-refractivity contribution is 0.252. The minimum atomic E-state index is -0.254. The highest BCUT2D eigenvalue weighted by Crippen LogP contribution is 2.18. The summed E-state index contributed by atoms with van der Waals surface area (Å²) in [5, 5.41) is 21.9. The first-order chi connectivity index (χ1) is 13.1. The van der Waals surface area contributed by atoms with Crippen LogP contribution in [0.5, 0.6) is 0 Å². The van der Waals surface area contributed by atoms with Crippen LogP contribution in [0.4, 0.5) is 10.5 Å². The zero-order chi connectivity index (χ0) is 19.2. The molecule has 2 N–H and O–H groups in total. The third-order valence-electron chi connectivity index (χ3n) is 4.18. The lowest BCUT2D eigenvalue weighted by Gasteiger charge is -2.08. The van der Waals surface area contributed by atoms with E-state index in [1.165, 1.54) is 4.80 Å². The topological polar surface area (TPSA) is 111 Å². The second-order valence-electron chi connectivity index (χ2n) is 6.17. The van der Waals surface area contributed by atoms with Crippen molar-refractivity contribution in [1.29, 1.82) is 0 Å². The number of urea groups is 1. The molecule has 3 aromatic rings. The number of amides is 2. The predicted octanol–water partition coefficient (Wildman–Crippen LogP) is 2.72. The monoisotopic (exact) mass is 369 g/mol. The molecule has 9 nitrogen and oxygen atoms in total. The van der Waals surface area contributed by atoms with E-state index in [0.717, 1.165) is 35.4 Å². The standard InChI is InChI=1S/C18H23N7O2/c1-4-25-22-17(21-24-25)14-7-5-8-15(11-14)20-18(26)19-10-6-9-16-12(2)23-27-13(16)3/h5,7-8,11H,4,6,9-10H2,1-3H3,(H2,19,20,26). The maximum Gasteiger partial charge on any atom is 0.319 e. The fraction of sp³-hybridized carbons (Fsp3) is 0.389. The molecule has 3 rings (SSSR count). The molecule has 0 fully saturated rings. The summed E-state index contributed by atoms with van der Waals surface area (Å²) in [6, 6.07) is 7.10. The molecule has 0 saturated heterocycles. The molecular weight excluding hydrogens is 346 g/mol. The van der Waals surface area contributed by atoms with Crippen molar-refractivity contribution in [3.8, 4) is 11.4 Å².